The van der Waals surface area contributed by atoms with E-state index in [1.807, 2.05) is 6.07 Å². The lowest BCUT2D eigenvalue weighted by Gasteiger charge is -2.03. The van der Waals surface area contributed by atoms with Crippen LogP contribution < -0.4 is 10.9 Å². The van der Waals surface area contributed by atoms with Gasteiger partial charge in [-0.3, -0.25) is 9.59 Å². The summed E-state index contributed by atoms with van der Waals surface area (Å²) in [6.45, 7) is 2.13. The minimum atomic E-state index is -0.388. The molecule has 0 atom stereocenters. The molecule has 0 bridgehead atoms. The fourth-order valence-corrected chi connectivity index (χ4v) is 2.49. The first-order valence-corrected chi connectivity index (χ1v) is 6.48. The average Bonchev–Trinajstić information content (AvgIpc) is 2.72. The van der Waals surface area contributed by atoms with Crippen molar-refractivity contribution in [2.45, 2.75) is 13.5 Å². The second-order valence-corrected chi connectivity index (χ2v) is 5.57. The van der Waals surface area contributed by atoms with Gasteiger partial charge in [0, 0.05) is 10.6 Å². The number of aromatic nitrogens is 1. The summed E-state index contributed by atoms with van der Waals surface area (Å²) in [7, 11) is 0. The molecule has 0 unspecified atom stereocenters. The predicted molar refractivity (Wildman–Crippen MR) is 72.3 cm³/mol. The molecule has 2 aromatic rings. The van der Waals surface area contributed by atoms with Crippen molar-refractivity contribution in [1.82, 2.24) is 10.3 Å². The van der Waals surface area contributed by atoms with Crippen molar-refractivity contribution in [2.75, 3.05) is 0 Å². The summed E-state index contributed by atoms with van der Waals surface area (Å²) in [5, 5.41) is 2.68. The molecule has 0 spiro atoms. The van der Waals surface area contributed by atoms with E-state index < -0.39 is 0 Å². The molecule has 2 N–H and O–H groups in total. The summed E-state index contributed by atoms with van der Waals surface area (Å²) in [4.78, 5) is 26.9. The van der Waals surface area contributed by atoms with Crippen LogP contribution >= 0.6 is 22.9 Å². The van der Waals surface area contributed by atoms with E-state index in [0.29, 0.717) is 10.9 Å². The molecular weight excluding hydrogens is 272 g/mol. The van der Waals surface area contributed by atoms with Gasteiger partial charge in [0.1, 0.15) is 5.56 Å². The van der Waals surface area contributed by atoms with Crippen LogP contribution in [0.2, 0.25) is 4.34 Å². The van der Waals surface area contributed by atoms with Gasteiger partial charge in [-0.05, 0) is 31.2 Å². The third-order valence-electron chi connectivity index (χ3n) is 2.35. The molecule has 0 saturated carbocycles. The Labute approximate surface area is 113 Å². The molecular formula is C12H11ClN2O2S. The van der Waals surface area contributed by atoms with E-state index in [4.69, 9.17) is 11.6 Å². The van der Waals surface area contributed by atoms with Crippen molar-refractivity contribution in [3.63, 3.8) is 0 Å². The molecule has 0 aromatic carbocycles. The molecule has 2 aromatic heterocycles. The van der Waals surface area contributed by atoms with Gasteiger partial charge in [0.05, 0.1) is 10.9 Å². The van der Waals surface area contributed by atoms with Crippen LogP contribution in [0, 0.1) is 6.92 Å². The maximum atomic E-state index is 11.8. The van der Waals surface area contributed by atoms with Gasteiger partial charge in [-0.25, -0.2) is 0 Å². The SMILES string of the molecule is Cc1ccc(C(=O)NCc2ccc(Cl)s2)c(=O)[nH]1. The summed E-state index contributed by atoms with van der Waals surface area (Å²) >= 11 is 7.18. The van der Waals surface area contributed by atoms with Gasteiger partial charge in [-0.15, -0.1) is 11.3 Å². The Hall–Kier alpha value is -1.59. The first kappa shape index (κ1) is 12.9. The molecule has 94 valence electrons. The van der Waals surface area contributed by atoms with Gasteiger partial charge in [0.2, 0.25) is 0 Å². The smallest absolute Gasteiger partial charge is 0.260 e. The number of pyridine rings is 1. The Morgan fingerprint density at radius 3 is 2.78 bits per heavy atom. The lowest BCUT2D eigenvalue weighted by molar-refractivity contribution is 0.0950. The Morgan fingerprint density at radius 2 is 2.17 bits per heavy atom. The molecule has 0 fully saturated rings. The Morgan fingerprint density at radius 1 is 1.39 bits per heavy atom. The van der Waals surface area contributed by atoms with E-state index in [-0.39, 0.29) is 17.0 Å². The summed E-state index contributed by atoms with van der Waals surface area (Å²) in [6, 6.07) is 6.82. The highest BCUT2D eigenvalue weighted by molar-refractivity contribution is 7.16. The van der Waals surface area contributed by atoms with Gasteiger partial charge < -0.3 is 10.3 Å². The summed E-state index contributed by atoms with van der Waals surface area (Å²) in [5.41, 5.74) is 0.460. The number of carbonyl (C=O) groups is 1. The molecule has 0 radical (unpaired) electrons. The largest absolute Gasteiger partial charge is 0.347 e. The maximum absolute atomic E-state index is 11.8. The molecule has 1 amide bonds. The quantitative estimate of drug-likeness (QED) is 0.908. The average molecular weight is 283 g/mol. The van der Waals surface area contributed by atoms with Crippen LogP contribution in [0.4, 0.5) is 0 Å². The van der Waals surface area contributed by atoms with E-state index in [1.165, 1.54) is 17.4 Å². The van der Waals surface area contributed by atoms with Crippen LogP contribution in [0.3, 0.4) is 0 Å². The highest BCUT2D eigenvalue weighted by Crippen LogP contribution is 2.20. The number of aryl methyl sites for hydroxylation is 1. The van der Waals surface area contributed by atoms with Crippen molar-refractivity contribution >= 4 is 28.8 Å². The van der Waals surface area contributed by atoms with Crippen LogP contribution in [0.5, 0.6) is 0 Å². The zero-order chi connectivity index (χ0) is 13.1. The van der Waals surface area contributed by atoms with Gasteiger partial charge in [-0.2, -0.15) is 0 Å². The summed E-state index contributed by atoms with van der Waals surface area (Å²) in [5.74, 6) is -0.388. The summed E-state index contributed by atoms with van der Waals surface area (Å²) < 4.78 is 0.674. The molecule has 0 saturated heterocycles. The fraction of sp³-hybridized carbons (Fsp3) is 0.167. The van der Waals surface area contributed by atoms with Gasteiger partial charge in [0.15, 0.2) is 0 Å². The second kappa shape index (κ2) is 5.37. The Bertz CT molecular complexity index is 633. The number of H-pyrrole nitrogens is 1. The van der Waals surface area contributed by atoms with E-state index in [0.717, 1.165) is 10.6 Å². The maximum Gasteiger partial charge on any atom is 0.260 e. The van der Waals surface area contributed by atoms with E-state index in [1.54, 1.807) is 19.1 Å². The Kier molecular flexibility index (Phi) is 3.84. The Balaban J connectivity index is 2.06. The normalized spacial score (nSPS) is 10.3. The number of rotatable bonds is 3. The highest BCUT2D eigenvalue weighted by atomic mass is 35.5. The fourth-order valence-electron chi connectivity index (χ4n) is 1.46. The van der Waals surface area contributed by atoms with Crippen molar-refractivity contribution in [3.8, 4) is 0 Å². The van der Waals surface area contributed by atoms with E-state index >= 15 is 0 Å². The minimum absolute atomic E-state index is 0.114. The molecule has 6 heteroatoms. The number of hydrogen-bond donors (Lipinski definition) is 2. The monoisotopic (exact) mass is 282 g/mol. The lowest BCUT2D eigenvalue weighted by Crippen LogP contribution is -2.29. The predicted octanol–water partition coefficient (Wildman–Crippen LogP) is 2.33. The summed E-state index contributed by atoms with van der Waals surface area (Å²) in [6.07, 6.45) is 0. The third-order valence-corrected chi connectivity index (χ3v) is 3.58. The van der Waals surface area contributed by atoms with Crippen LogP contribution in [-0.4, -0.2) is 10.9 Å². The molecule has 0 aliphatic heterocycles. The number of hydrogen-bond acceptors (Lipinski definition) is 3. The van der Waals surface area contributed by atoms with Gasteiger partial charge in [0.25, 0.3) is 11.5 Å². The van der Waals surface area contributed by atoms with Gasteiger partial charge in [-0.1, -0.05) is 11.6 Å². The van der Waals surface area contributed by atoms with Crippen molar-refractivity contribution in [1.29, 1.82) is 0 Å². The van der Waals surface area contributed by atoms with Crippen molar-refractivity contribution < 1.29 is 4.79 Å². The molecule has 0 aliphatic carbocycles. The second-order valence-electron chi connectivity index (χ2n) is 3.77. The molecule has 18 heavy (non-hydrogen) atoms. The molecule has 2 rings (SSSR count). The minimum Gasteiger partial charge on any atom is -0.347 e. The van der Waals surface area contributed by atoms with E-state index in [2.05, 4.69) is 10.3 Å². The number of carbonyl (C=O) groups excluding carboxylic acids is 1. The van der Waals surface area contributed by atoms with Gasteiger partial charge >= 0.3 is 0 Å². The first-order chi connectivity index (χ1) is 8.56. The van der Waals surface area contributed by atoms with E-state index in [9.17, 15) is 9.59 Å². The number of thiophene rings is 1. The van der Waals surface area contributed by atoms with Crippen molar-refractivity contribution in [3.05, 3.63) is 55.1 Å². The topological polar surface area (TPSA) is 62.0 Å². The van der Waals surface area contributed by atoms with Crippen LogP contribution in [0.15, 0.2) is 29.1 Å². The number of halogens is 1. The zero-order valence-corrected chi connectivity index (χ0v) is 11.2. The van der Waals surface area contributed by atoms with Crippen LogP contribution in [-0.2, 0) is 6.54 Å². The third kappa shape index (κ3) is 3.00. The number of aromatic amines is 1. The number of amides is 1. The molecule has 0 aliphatic rings. The zero-order valence-electron chi connectivity index (χ0n) is 9.62. The lowest BCUT2D eigenvalue weighted by atomic mass is 10.2. The molecule has 4 nitrogen and oxygen atoms in total. The first-order valence-electron chi connectivity index (χ1n) is 5.28. The van der Waals surface area contributed by atoms with Crippen LogP contribution in [0.1, 0.15) is 20.9 Å². The highest BCUT2D eigenvalue weighted by Gasteiger charge is 2.10. The van der Waals surface area contributed by atoms with Crippen LogP contribution in [0.25, 0.3) is 0 Å². The standard InChI is InChI=1S/C12H11ClN2O2S/c1-7-2-4-9(12(17)15-7)11(16)14-6-8-3-5-10(13)18-8/h2-5H,6H2,1H3,(H,14,16)(H,15,17). The van der Waals surface area contributed by atoms with Crippen molar-refractivity contribution in [2.24, 2.45) is 0 Å². The number of nitrogens with one attached hydrogen (secondary N) is 2. The molecule has 2 heterocycles.